The zero-order valence-electron chi connectivity index (χ0n) is 9.97. The van der Waals surface area contributed by atoms with Gasteiger partial charge >= 0.3 is 8.26 Å². The van der Waals surface area contributed by atoms with Crippen LogP contribution in [0.3, 0.4) is 0 Å². The van der Waals surface area contributed by atoms with Crippen LogP contribution >= 0.6 is 21.4 Å². The molecule has 0 saturated carbocycles. The van der Waals surface area contributed by atoms with E-state index in [0.29, 0.717) is 0 Å². The van der Waals surface area contributed by atoms with Crippen molar-refractivity contribution in [3.05, 3.63) is 42.5 Å². The molecule has 6 heteroatoms. The van der Waals surface area contributed by atoms with E-state index in [2.05, 4.69) is 82.8 Å². The van der Waals surface area contributed by atoms with Gasteiger partial charge in [0, 0.05) is 46.5 Å². The third kappa shape index (κ3) is 5.12. The van der Waals surface area contributed by atoms with E-state index in [-0.39, 0.29) is 0 Å². The molecule has 98 valence electrons. The second-order valence-electron chi connectivity index (χ2n) is 3.77. The van der Waals surface area contributed by atoms with Crippen LogP contribution in [0.4, 0.5) is 5.69 Å². The van der Waals surface area contributed by atoms with Gasteiger partial charge in [0.2, 0.25) is 0 Å². The summed E-state index contributed by atoms with van der Waals surface area (Å²) in [5.74, 6) is 0. The van der Waals surface area contributed by atoms with E-state index in [9.17, 15) is 0 Å². The van der Waals surface area contributed by atoms with E-state index >= 15 is 0 Å². The van der Waals surface area contributed by atoms with Gasteiger partial charge in [0.05, 0.1) is 0 Å². The third-order valence-corrected chi connectivity index (χ3v) is 2.25. The largest absolute Gasteiger partial charge is 0.377 e. The summed E-state index contributed by atoms with van der Waals surface area (Å²) >= 11 is 0. The molecular weight excluding hydrogens is 293 g/mol. The van der Waals surface area contributed by atoms with Crippen LogP contribution in [-0.4, -0.2) is 22.5 Å². The minimum absolute atomic E-state index is 1.28. The van der Waals surface area contributed by atoms with Gasteiger partial charge < -0.3 is 4.90 Å². The predicted octanol–water partition coefficient (Wildman–Crippen LogP) is 3.61. The Labute approximate surface area is 116 Å². The quantitative estimate of drug-likeness (QED) is 0.755. The number of nitrogens with zero attached hydrogens (tertiary/aromatic N) is 1. The number of anilines is 1. The van der Waals surface area contributed by atoms with Gasteiger partial charge in [-0.2, -0.15) is 8.42 Å². The Balaban J connectivity index is 0.000000280. The lowest BCUT2D eigenvalue weighted by molar-refractivity contribution is 0.621. The van der Waals surface area contributed by atoms with E-state index < -0.39 is 8.26 Å². The van der Waals surface area contributed by atoms with Crippen LogP contribution in [0.2, 0.25) is 0 Å². The van der Waals surface area contributed by atoms with Crippen molar-refractivity contribution < 1.29 is 8.42 Å². The number of fused-ring (bicyclic) bond motifs is 1. The molecular formula is C12H13Cl2NO2S. The fraction of sp³-hybridized carbons (Fsp3) is 0.167. The Morgan fingerprint density at radius 3 is 2.00 bits per heavy atom. The summed E-state index contributed by atoms with van der Waals surface area (Å²) in [5.41, 5.74) is 1.28. The molecule has 0 amide bonds. The molecule has 0 aliphatic heterocycles. The Kier molecular flexibility index (Phi) is 5.26. The summed E-state index contributed by atoms with van der Waals surface area (Å²) < 4.78 is 18.3. The van der Waals surface area contributed by atoms with Crippen LogP contribution in [0.5, 0.6) is 0 Å². The van der Waals surface area contributed by atoms with E-state index in [4.69, 9.17) is 8.42 Å². The van der Waals surface area contributed by atoms with Crippen LogP contribution in [0.1, 0.15) is 0 Å². The van der Waals surface area contributed by atoms with Gasteiger partial charge in [0.25, 0.3) is 0 Å². The number of benzene rings is 2. The smallest absolute Gasteiger partial charge is 0.317 e. The molecule has 2 aromatic carbocycles. The third-order valence-electron chi connectivity index (χ3n) is 2.25. The summed E-state index contributed by atoms with van der Waals surface area (Å²) in [6.07, 6.45) is 0. The van der Waals surface area contributed by atoms with E-state index in [1.54, 1.807) is 0 Å². The van der Waals surface area contributed by atoms with Gasteiger partial charge in [-0.15, -0.1) is 0 Å². The van der Waals surface area contributed by atoms with Crippen molar-refractivity contribution in [2.45, 2.75) is 0 Å². The van der Waals surface area contributed by atoms with Gasteiger partial charge in [-0.3, -0.25) is 0 Å². The first-order chi connectivity index (χ1) is 8.29. The highest BCUT2D eigenvalue weighted by molar-refractivity contribution is 8.31. The molecule has 2 rings (SSSR count). The van der Waals surface area contributed by atoms with Crippen molar-refractivity contribution in [2.75, 3.05) is 19.0 Å². The van der Waals surface area contributed by atoms with Crippen molar-refractivity contribution in [2.24, 2.45) is 0 Å². The number of hydrogen-bond donors (Lipinski definition) is 0. The topological polar surface area (TPSA) is 37.4 Å². The number of hydrogen-bond acceptors (Lipinski definition) is 3. The first kappa shape index (κ1) is 15.1. The second kappa shape index (κ2) is 6.27. The van der Waals surface area contributed by atoms with Crippen LogP contribution in [0.15, 0.2) is 42.5 Å². The summed E-state index contributed by atoms with van der Waals surface area (Å²) in [4.78, 5) is 2.14. The van der Waals surface area contributed by atoms with Crippen molar-refractivity contribution in [3.63, 3.8) is 0 Å². The zero-order chi connectivity index (χ0) is 13.8. The molecule has 3 nitrogen and oxygen atoms in total. The number of halogens is 2. The minimum Gasteiger partial charge on any atom is -0.377 e. The van der Waals surface area contributed by atoms with Crippen LogP contribution in [0.25, 0.3) is 10.8 Å². The first-order valence-corrected chi connectivity index (χ1v) is 8.22. The summed E-state index contributed by atoms with van der Waals surface area (Å²) in [7, 11) is 8.96. The molecule has 0 aliphatic rings. The van der Waals surface area contributed by atoms with Gasteiger partial charge in [-0.1, -0.05) is 36.4 Å². The van der Waals surface area contributed by atoms with E-state index in [1.165, 1.54) is 16.5 Å². The highest BCUT2D eigenvalue weighted by atomic mass is 36.0. The fourth-order valence-electron chi connectivity index (χ4n) is 1.60. The molecule has 2 aromatic rings. The average molecular weight is 306 g/mol. The number of rotatable bonds is 1. The van der Waals surface area contributed by atoms with Gasteiger partial charge in [-0.05, 0) is 11.5 Å². The lowest BCUT2D eigenvalue weighted by atomic mass is 10.1. The Morgan fingerprint density at radius 2 is 1.44 bits per heavy atom. The molecule has 0 spiro atoms. The molecule has 0 N–H and O–H groups in total. The lowest BCUT2D eigenvalue weighted by Gasteiger charge is -2.14. The zero-order valence-corrected chi connectivity index (χ0v) is 12.3. The maximum Gasteiger partial charge on any atom is 0.317 e. The van der Waals surface area contributed by atoms with E-state index in [0.717, 1.165) is 0 Å². The van der Waals surface area contributed by atoms with E-state index in [1.807, 2.05) is 0 Å². The second-order valence-corrected chi connectivity index (χ2v) is 7.44. The van der Waals surface area contributed by atoms with Gasteiger partial charge in [0.1, 0.15) is 0 Å². The van der Waals surface area contributed by atoms with Gasteiger partial charge in [-0.25, -0.2) is 0 Å². The molecule has 0 radical (unpaired) electrons. The molecule has 0 unspecified atom stereocenters. The SMILES string of the molecule is CN(C)c1cccc2ccccc12.O=S(=O)(Cl)Cl. The minimum atomic E-state index is -3.72. The molecule has 0 aliphatic carbocycles. The lowest BCUT2D eigenvalue weighted by Crippen LogP contribution is -2.08. The summed E-state index contributed by atoms with van der Waals surface area (Å²) in [6, 6.07) is 14.8. The van der Waals surface area contributed by atoms with Crippen molar-refractivity contribution in [1.29, 1.82) is 0 Å². The molecule has 0 saturated heterocycles. The van der Waals surface area contributed by atoms with Crippen LogP contribution in [-0.2, 0) is 8.26 Å². The molecule has 0 bridgehead atoms. The summed E-state index contributed by atoms with van der Waals surface area (Å²) in [6.45, 7) is 0. The Bertz CT molecular complexity index is 614. The van der Waals surface area contributed by atoms with Crippen molar-refractivity contribution in [3.8, 4) is 0 Å². The molecule has 18 heavy (non-hydrogen) atoms. The monoisotopic (exact) mass is 305 g/mol. The van der Waals surface area contributed by atoms with Crippen molar-refractivity contribution >= 4 is 46.1 Å². The average Bonchev–Trinajstić information content (AvgIpc) is 2.26. The Hall–Kier alpha value is -0.970. The van der Waals surface area contributed by atoms with Crippen LogP contribution < -0.4 is 4.90 Å². The fourth-order valence-corrected chi connectivity index (χ4v) is 1.60. The summed E-state index contributed by atoms with van der Waals surface area (Å²) in [5, 5.41) is 2.61. The highest BCUT2D eigenvalue weighted by Gasteiger charge is 1.99. The molecule has 0 aromatic heterocycles. The van der Waals surface area contributed by atoms with Gasteiger partial charge in [0.15, 0.2) is 0 Å². The predicted molar refractivity (Wildman–Crippen MR) is 78.9 cm³/mol. The molecule has 0 atom stereocenters. The molecule has 0 fully saturated rings. The van der Waals surface area contributed by atoms with Crippen LogP contribution in [0, 0.1) is 0 Å². The first-order valence-electron chi connectivity index (χ1n) is 5.08. The standard InChI is InChI=1S/C12H13N.Cl2O2S/c1-13(2)12-9-5-7-10-6-3-4-8-11(10)12;1-5(2,3)4/h3-9H,1-2H3;. The normalized spacial score (nSPS) is 10.7. The molecule has 0 heterocycles. The Morgan fingerprint density at radius 1 is 0.944 bits per heavy atom. The maximum atomic E-state index is 9.16. The maximum absolute atomic E-state index is 9.16. The van der Waals surface area contributed by atoms with Crippen molar-refractivity contribution in [1.82, 2.24) is 0 Å². The highest BCUT2D eigenvalue weighted by Crippen LogP contribution is 2.24.